The van der Waals surface area contributed by atoms with E-state index in [1.165, 1.54) is 9.13 Å². The van der Waals surface area contributed by atoms with Crippen molar-refractivity contribution in [3.63, 3.8) is 0 Å². The first kappa shape index (κ1) is 21.6. The molecule has 0 aliphatic carbocycles. The third kappa shape index (κ3) is 4.38. The standard InChI is InChI=1S/C23H22BrN5O3/c1-27-13-16(8-9-26-27)12-25-21(30)17-6-7-20-19(11-17)22(31)29(23(32)28(20)2)14-15-4-3-5-18(24)10-15/h3-11,13,26H,12,14H2,1-2H3,(H,25,30). The van der Waals surface area contributed by atoms with Crippen LogP contribution < -0.4 is 22.0 Å². The highest BCUT2D eigenvalue weighted by Crippen LogP contribution is 2.14. The second kappa shape index (κ2) is 8.88. The van der Waals surface area contributed by atoms with Crippen molar-refractivity contribution in [2.75, 3.05) is 13.6 Å². The molecule has 0 saturated carbocycles. The molecule has 3 aromatic rings. The highest BCUT2D eigenvalue weighted by atomic mass is 79.9. The predicted octanol–water partition coefficient (Wildman–Crippen LogP) is 2.09. The van der Waals surface area contributed by atoms with Crippen LogP contribution in [0.25, 0.3) is 10.9 Å². The number of nitrogens with zero attached hydrogens (tertiary/aromatic N) is 3. The monoisotopic (exact) mass is 495 g/mol. The molecule has 0 radical (unpaired) electrons. The third-order valence-corrected chi connectivity index (χ3v) is 5.72. The number of hydrogen-bond donors (Lipinski definition) is 2. The third-order valence-electron chi connectivity index (χ3n) is 5.23. The van der Waals surface area contributed by atoms with Crippen LogP contribution >= 0.6 is 15.9 Å². The zero-order valence-corrected chi connectivity index (χ0v) is 19.2. The SMILES string of the molecule is CN1C=C(CNC(=O)c2ccc3c(c2)c(=O)n(Cc2cccc(Br)c2)c(=O)n3C)C=CN1. The van der Waals surface area contributed by atoms with Gasteiger partial charge in [-0.3, -0.25) is 23.7 Å². The van der Waals surface area contributed by atoms with Crippen LogP contribution in [0.15, 0.2) is 80.6 Å². The van der Waals surface area contributed by atoms with Gasteiger partial charge in [0.1, 0.15) is 0 Å². The van der Waals surface area contributed by atoms with Crippen molar-refractivity contribution in [1.82, 2.24) is 24.9 Å². The Bertz CT molecular complexity index is 1390. The van der Waals surface area contributed by atoms with Crippen molar-refractivity contribution in [2.45, 2.75) is 6.54 Å². The van der Waals surface area contributed by atoms with Crippen LogP contribution in [0.5, 0.6) is 0 Å². The van der Waals surface area contributed by atoms with E-state index in [0.29, 0.717) is 23.0 Å². The van der Waals surface area contributed by atoms with Gasteiger partial charge in [-0.2, -0.15) is 0 Å². The van der Waals surface area contributed by atoms with Crippen LogP contribution in [-0.4, -0.2) is 33.6 Å². The highest BCUT2D eigenvalue weighted by molar-refractivity contribution is 9.10. The number of hydrogen-bond acceptors (Lipinski definition) is 5. The Kier molecular flexibility index (Phi) is 6.00. The van der Waals surface area contributed by atoms with E-state index in [0.717, 1.165) is 15.6 Å². The molecule has 2 N–H and O–H groups in total. The summed E-state index contributed by atoms with van der Waals surface area (Å²) in [5, 5.41) is 4.96. The number of hydrazine groups is 1. The number of carbonyl (C=O) groups is 1. The Labute approximate surface area is 192 Å². The lowest BCUT2D eigenvalue weighted by molar-refractivity contribution is 0.0957. The largest absolute Gasteiger partial charge is 0.348 e. The van der Waals surface area contributed by atoms with Gasteiger partial charge in [0.15, 0.2) is 0 Å². The minimum absolute atomic E-state index is 0.138. The molecular weight excluding hydrogens is 474 g/mol. The molecule has 1 aromatic heterocycles. The van der Waals surface area contributed by atoms with Crippen molar-refractivity contribution in [1.29, 1.82) is 0 Å². The quantitative estimate of drug-likeness (QED) is 0.565. The van der Waals surface area contributed by atoms with E-state index in [1.54, 1.807) is 36.5 Å². The lowest BCUT2D eigenvalue weighted by Crippen LogP contribution is -2.39. The minimum Gasteiger partial charge on any atom is -0.348 e. The summed E-state index contributed by atoms with van der Waals surface area (Å²) in [7, 11) is 3.48. The molecule has 32 heavy (non-hydrogen) atoms. The van der Waals surface area contributed by atoms with E-state index in [9.17, 15) is 14.4 Å². The fourth-order valence-corrected chi connectivity index (χ4v) is 4.04. The van der Waals surface area contributed by atoms with Gasteiger partial charge >= 0.3 is 5.69 Å². The maximum absolute atomic E-state index is 13.2. The van der Waals surface area contributed by atoms with Crippen LogP contribution in [0.4, 0.5) is 0 Å². The molecular formula is C23H22BrN5O3. The van der Waals surface area contributed by atoms with Gasteiger partial charge in [-0.05, 0) is 47.5 Å². The molecule has 1 aliphatic heterocycles. The lowest BCUT2D eigenvalue weighted by Gasteiger charge is -2.19. The van der Waals surface area contributed by atoms with Gasteiger partial charge in [0, 0.05) is 43.1 Å². The first-order valence-corrected chi connectivity index (χ1v) is 10.8. The first-order chi connectivity index (χ1) is 15.3. The number of aromatic nitrogens is 2. The van der Waals surface area contributed by atoms with Crippen molar-refractivity contribution in [2.24, 2.45) is 7.05 Å². The fourth-order valence-electron chi connectivity index (χ4n) is 3.59. The highest BCUT2D eigenvalue weighted by Gasteiger charge is 2.15. The molecule has 0 bridgehead atoms. The fraction of sp³-hybridized carbons (Fsp3) is 0.174. The van der Waals surface area contributed by atoms with E-state index in [2.05, 4.69) is 26.7 Å². The Morgan fingerprint density at radius 2 is 1.94 bits per heavy atom. The smallest absolute Gasteiger partial charge is 0.331 e. The molecule has 1 amide bonds. The zero-order valence-electron chi connectivity index (χ0n) is 17.6. The predicted molar refractivity (Wildman–Crippen MR) is 127 cm³/mol. The van der Waals surface area contributed by atoms with E-state index >= 15 is 0 Å². The van der Waals surface area contributed by atoms with Crippen molar-refractivity contribution in [3.8, 4) is 0 Å². The number of carbonyl (C=O) groups excluding carboxylic acids is 1. The topological polar surface area (TPSA) is 88.4 Å². The van der Waals surface area contributed by atoms with E-state index < -0.39 is 11.2 Å². The molecule has 0 saturated heterocycles. The number of halogens is 1. The number of aryl methyl sites for hydroxylation is 1. The molecule has 4 rings (SSSR count). The molecule has 8 nitrogen and oxygen atoms in total. The molecule has 2 heterocycles. The summed E-state index contributed by atoms with van der Waals surface area (Å²) >= 11 is 3.41. The van der Waals surface area contributed by atoms with Crippen LogP contribution in [0, 0.1) is 0 Å². The van der Waals surface area contributed by atoms with Gasteiger partial charge in [0.05, 0.1) is 17.4 Å². The van der Waals surface area contributed by atoms with Crippen molar-refractivity contribution >= 4 is 32.7 Å². The van der Waals surface area contributed by atoms with Gasteiger partial charge in [-0.1, -0.05) is 28.1 Å². The summed E-state index contributed by atoms with van der Waals surface area (Å²) in [6, 6.07) is 12.2. The number of fused-ring (bicyclic) bond motifs is 1. The van der Waals surface area contributed by atoms with Crippen LogP contribution in [0.3, 0.4) is 0 Å². The normalized spacial score (nSPS) is 13.1. The van der Waals surface area contributed by atoms with Gasteiger partial charge in [0.2, 0.25) is 0 Å². The second-order valence-corrected chi connectivity index (χ2v) is 8.47. The second-order valence-electron chi connectivity index (χ2n) is 7.55. The number of rotatable bonds is 5. The van der Waals surface area contributed by atoms with Gasteiger partial charge in [0.25, 0.3) is 11.5 Å². The molecule has 9 heteroatoms. The van der Waals surface area contributed by atoms with Gasteiger partial charge in [-0.15, -0.1) is 0 Å². The molecule has 0 spiro atoms. The molecule has 0 unspecified atom stereocenters. The van der Waals surface area contributed by atoms with Crippen molar-refractivity contribution < 1.29 is 4.79 Å². The average molecular weight is 496 g/mol. The Morgan fingerprint density at radius 1 is 1.12 bits per heavy atom. The first-order valence-electron chi connectivity index (χ1n) is 9.96. The van der Waals surface area contributed by atoms with Gasteiger partial charge in [-0.25, -0.2) is 4.79 Å². The summed E-state index contributed by atoms with van der Waals surface area (Å²) in [6.07, 6.45) is 5.53. The number of nitrogens with one attached hydrogen (secondary N) is 2. The maximum atomic E-state index is 13.2. The van der Waals surface area contributed by atoms with E-state index in [4.69, 9.17) is 0 Å². The average Bonchev–Trinajstić information content (AvgIpc) is 2.78. The Morgan fingerprint density at radius 3 is 2.69 bits per heavy atom. The van der Waals surface area contributed by atoms with Crippen LogP contribution in [0.1, 0.15) is 15.9 Å². The van der Waals surface area contributed by atoms with Gasteiger partial charge < -0.3 is 10.7 Å². The lowest BCUT2D eigenvalue weighted by atomic mass is 10.1. The van der Waals surface area contributed by atoms with Crippen LogP contribution in [-0.2, 0) is 13.6 Å². The maximum Gasteiger partial charge on any atom is 0.331 e. The molecule has 164 valence electrons. The molecule has 0 fully saturated rings. The minimum atomic E-state index is -0.427. The number of amides is 1. The summed E-state index contributed by atoms with van der Waals surface area (Å²) in [4.78, 5) is 38.7. The summed E-state index contributed by atoms with van der Waals surface area (Å²) < 4.78 is 3.48. The van der Waals surface area contributed by atoms with Crippen LogP contribution in [0.2, 0.25) is 0 Å². The Balaban J connectivity index is 1.67. The van der Waals surface area contributed by atoms with Crippen molar-refractivity contribution in [3.05, 3.63) is 103 Å². The molecule has 0 atom stereocenters. The van der Waals surface area contributed by atoms with E-state index in [1.807, 2.05) is 43.6 Å². The zero-order chi connectivity index (χ0) is 22.8. The summed E-state index contributed by atoms with van der Waals surface area (Å²) in [5.74, 6) is -0.297. The number of benzene rings is 2. The Hall–Kier alpha value is -3.59. The molecule has 1 aliphatic rings. The molecule has 2 aromatic carbocycles. The summed E-state index contributed by atoms with van der Waals surface area (Å²) in [6.45, 7) is 0.485. The summed E-state index contributed by atoms with van der Waals surface area (Å²) in [5.41, 5.74) is 4.74. The van der Waals surface area contributed by atoms with E-state index in [-0.39, 0.29) is 12.5 Å².